The Balaban J connectivity index is 1.37. The largest absolute Gasteiger partial charge is 0.415 e. The molecule has 7 heteroatoms. The molecule has 4 aromatic rings. The van der Waals surface area contributed by atoms with Gasteiger partial charge in [0, 0.05) is 31.1 Å². The maximum absolute atomic E-state index is 5.99. The molecule has 0 aliphatic carbocycles. The molecule has 1 atom stereocenters. The Kier molecular flexibility index (Phi) is 5.64. The molecule has 32 heavy (non-hydrogen) atoms. The van der Waals surface area contributed by atoms with Crippen LogP contribution in [-0.2, 0) is 6.54 Å². The first kappa shape index (κ1) is 20.3. The van der Waals surface area contributed by atoms with Gasteiger partial charge in [0.05, 0.1) is 11.9 Å². The van der Waals surface area contributed by atoms with E-state index in [-0.39, 0.29) is 0 Å². The number of nitrogens with zero attached hydrogens (tertiary/aromatic N) is 5. The van der Waals surface area contributed by atoms with Gasteiger partial charge in [0.15, 0.2) is 5.69 Å². The first-order valence-electron chi connectivity index (χ1n) is 10.9. The van der Waals surface area contributed by atoms with Crippen LogP contribution in [0, 0.1) is 6.92 Å². The molecule has 0 amide bonds. The number of rotatable bonds is 6. The Morgan fingerprint density at radius 2 is 1.81 bits per heavy atom. The molecule has 2 aromatic heterocycles. The third-order valence-corrected chi connectivity index (χ3v) is 5.94. The van der Waals surface area contributed by atoms with Crippen LogP contribution in [0.4, 0.5) is 5.82 Å². The number of aryl methyl sites for hydroxylation is 1. The summed E-state index contributed by atoms with van der Waals surface area (Å²) in [4.78, 5) is 11.7. The van der Waals surface area contributed by atoms with Gasteiger partial charge in [0.2, 0.25) is 5.89 Å². The Morgan fingerprint density at radius 3 is 2.59 bits per heavy atom. The van der Waals surface area contributed by atoms with Crippen LogP contribution in [0.1, 0.15) is 29.2 Å². The highest BCUT2D eigenvalue weighted by molar-refractivity contribution is 5.58. The molecule has 1 N–H and O–H groups in total. The SMILES string of the molecule is CNCc1ccc(-c2nnc(-c3nc(N4CCC(c5ccccc5)C4)cnc3C)o2)cc1. The molecule has 0 radical (unpaired) electrons. The predicted octanol–water partition coefficient (Wildman–Crippen LogP) is 4.22. The summed E-state index contributed by atoms with van der Waals surface area (Å²) >= 11 is 0. The third-order valence-electron chi connectivity index (χ3n) is 5.94. The van der Waals surface area contributed by atoms with E-state index in [1.54, 1.807) is 0 Å². The van der Waals surface area contributed by atoms with E-state index in [9.17, 15) is 0 Å². The summed E-state index contributed by atoms with van der Waals surface area (Å²) in [5.74, 6) is 2.22. The van der Waals surface area contributed by atoms with Gasteiger partial charge < -0.3 is 14.6 Å². The minimum Gasteiger partial charge on any atom is -0.415 e. The van der Waals surface area contributed by atoms with Crippen molar-refractivity contribution in [3.8, 4) is 23.0 Å². The maximum Gasteiger partial charge on any atom is 0.268 e. The number of benzene rings is 2. The number of hydrogen-bond acceptors (Lipinski definition) is 7. The van der Waals surface area contributed by atoms with E-state index in [0.717, 1.165) is 43.1 Å². The van der Waals surface area contributed by atoms with Gasteiger partial charge in [0.1, 0.15) is 5.82 Å². The summed E-state index contributed by atoms with van der Waals surface area (Å²) in [6.07, 6.45) is 2.94. The van der Waals surface area contributed by atoms with E-state index in [2.05, 4.69) is 67.9 Å². The summed E-state index contributed by atoms with van der Waals surface area (Å²) < 4.78 is 5.99. The van der Waals surface area contributed by atoms with E-state index in [1.807, 2.05) is 32.3 Å². The Hall–Kier alpha value is -3.58. The summed E-state index contributed by atoms with van der Waals surface area (Å²) in [6.45, 7) is 4.61. The molecule has 7 nitrogen and oxygen atoms in total. The van der Waals surface area contributed by atoms with Crippen LogP contribution in [0.5, 0.6) is 0 Å². The second-order valence-corrected chi connectivity index (χ2v) is 8.14. The zero-order valence-electron chi connectivity index (χ0n) is 18.3. The fourth-order valence-electron chi connectivity index (χ4n) is 4.17. The highest BCUT2D eigenvalue weighted by Crippen LogP contribution is 2.31. The zero-order chi connectivity index (χ0) is 21.9. The van der Waals surface area contributed by atoms with Gasteiger partial charge in [-0.15, -0.1) is 10.2 Å². The second-order valence-electron chi connectivity index (χ2n) is 8.14. The van der Waals surface area contributed by atoms with Crippen molar-refractivity contribution in [2.45, 2.75) is 25.8 Å². The van der Waals surface area contributed by atoms with Crippen LogP contribution in [0.25, 0.3) is 23.0 Å². The monoisotopic (exact) mass is 426 g/mol. The highest BCUT2D eigenvalue weighted by atomic mass is 16.4. The highest BCUT2D eigenvalue weighted by Gasteiger charge is 2.26. The first-order valence-corrected chi connectivity index (χ1v) is 10.9. The topological polar surface area (TPSA) is 80.0 Å². The fourth-order valence-corrected chi connectivity index (χ4v) is 4.17. The van der Waals surface area contributed by atoms with Crippen LogP contribution >= 0.6 is 0 Å². The Bertz CT molecular complexity index is 1190. The molecule has 1 aliphatic heterocycles. The van der Waals surface area contributed by atoms with Crippen LogP contribution in [0.3, 0.4) is 0 Å². The zero-order valence-corrected chi connectivity index (χ0v) is 18.3. The maximum atomic E-state index is 5.99. The van der Waals surface area contributed by atoms with Gasteiger partial charge >= 0.3 is 0 Å². The number of hydrogen-bond donors (Lipinski definition) is 1. The van der Waals surface area contributed by atoms with Crippen LogP contribution in [0.2, 0.25) is 0 Å². The fraction of sp³-hybridized carbons (Fsp3) is 0.280. The van der Waals surface area contributed by atoms with Crippen molar-refractivity contribution in [2.24, 2.45) is 0 Å². The first-order chi connectivity index (χ1) is 15.7. The van der Waals surface area contributed by atoms with E-state index in [1.165, 1.54) is 11.1 Å². The Morgan fingerprint density at radius 1 is 1.03 bits per heavy atom. The van der Waals surface area contributed by atoms with Crippen molar-refractivity contribution in [2.75, 3.05) is 25.0 Å². The standard InChI is InChI=1S/C25H26N6O/c1-17-23(25-30-29-24(32-25)20-10-8-18(9-11-20)14-26-2)28-22(15-27-17)31-13-12-21(16-31)19-6-4-3-5-7-19/h3-11,15,21,26H,12-14,16H2,1-2H3. The summed E-state index contributed by atoms with van der Waals surface area (Å²) in [5, 5.41) is 11.7. The van der Waals surface area contributed by atoms with E-state index >= 15 is 0 Å². The molecule has 1 unspecified atom stereocenters. The molecule has 1 aliphatic rings. The lowest BCUT2D eigenvalue weighted by molar-refractivity contribution is 0.581. The molecular formula is C25H26N6O. The molecule has 1 saturated heterocycles. The van der Waals surface area contributed by atoms with Gasteiger partial charge in [-0.2, -0.15) is 0 Å². The molecule has 2 aromatic carbocycles. The van der Waals surface area contributed by atoms with Gasteiger partial charge in [-0.1, -0.05) is 42.5 Å². The molecule has 162 valence electrons. The molecule has 5 rings (SSSR count). The van der Waals surface area contributed by atoms with Crippen LogP contribution in [-0.4, -0.2) is 40.3 Å². The van der Waals surface area contributed by atoms with E-state index < -0.39 is 0 Å². The molecule has 1 fully saturated rings. The number of nitrogens with one attached hydrogen (secondary N) is 1. The minimum atomic E-state index is 0.393. The summed E-state index contributed by atoms with van der Waals surface area (Å²) in [7, 11) is 1.93. The molecule has 3 heterocycles. The van der Waals surface area contributed by atoms with Crippen molar-refractivity contribution in [3.05, 3.63) is 77.6 Å². The van der Waals surface area contributed by atoms with Gasteiger partial charge in [0.25, 0.3) is 5.89 Å². The number of aromatic nitrogens is 4. The van der Waals surface area contributed by atoms with Gasteiger partial charge in [-0.25, -0.2) is 4.98 Å². The quantitative estimate of drug-likeness (QED) is 0.494. The summed E-state index contributed by atoms with van der Waals surface area (Å²) in [5.41, 5.74) is 4.86. The van der Waals surface area contributed by atoms with Crippen molar-refractivity contribution >= 4 is 5.82 Å². The minimum absolute atomic E-state index is 0.393. The van der Waals surface area contributed by atoms with Crippen LogP contribution in [0.15, 0.2) is 65.2 Å². The average Bonchev–Trinajstić information content (AvgIpc) is 3.51. The van der Waals surface area contributed by atoms with Crippen molar-refractivity contribution in [1.82, 2.24) is 25.5 Å². The Labute approximate surface area is 187 Å². The molecule has 0 bridgehead atoms. The summed E-state index contributed by atoms with van der Waals surface area (Å²) in [6, 6.07) is 18.8. The predicted molar refractivity (Wildman–Crippen MR) is 124 cm³/mol. The van der Waals surface area contributed by atoms with E-state index in [4.69, 9.17) is 9.40 Å². The van der Waals surface area contributed by atoms with Crippen LogP contribution < -0.4 is 10.2 Å². The third kappa shape index (κ3) is 4.11. The van der Waals surface area contributed by atoms with E-state index in [0.29, 0.717) is 23.4 Å². The van der Waals surface area contributed by atoms with Crippen molar-refractivity contribution < 1.29 is 4.42 Å². The number of anilines is 1. The molecule has 0 spiro atoms. The molecule has 0 saturated carbocycles. The smallest absolute Gasteiger partial charge is 0.268 e. The lowest BCUT2D eigenvalue weighted by Crippen LogP contribution is -2.21. The second kappa shape index (κ2) is 8.88. The van der Waals surface area contributed by atoms with Gasteiger partial charge in [-0.05, 0) is 43.7 Å². The molecular weight excluding hydrogens is 400 g/mol. The van der Waals surface area contributed by atoms with Crippen molar-refractivity contribution in [3.63, 3.8) is 0 Å². The normalized spacial score (nSPS) is 15.9. The lowest BCUT2D eigenvalue weighted by atomic mass is 9.99. The van der Waals surface area contributed by atoms with Gasteiger partial charge in [-0.3, -0.25) is 4.98 Å². The van der Waals surface area contributed by atoms with Crippen molar-refractivity contribution in [1.29, 1.82) is 0 Å². The lowest BCUT2D eigenvalue weighted by Gasteiger charge is -2.18. The average molecular weight is 427 g/mol.